The van der Waals surface area contributed by atoms with E-state index in [-0.39, 0.29) is 11.7 Å². The third-order valence-corrected chi connectivity index (χ3v) is 6.79. The molecule has 4 heterocycles. The molecule has 1 saturated heterocycles. The lowest BCUT2D eigenvalue weighted by molar-refractivity contribution is 0.0955. The first-order valence-electron chi connectivity index (χ1n) is 12.4. The summed E-state index contributed by atoms with van der Waals surface area (Å²) in [5, 5.41) is 0.581. The van der Waals surface area contributed by atoms with Crippen molar-refractivity contribution in [2.45, 2.75) is 84.4 Å². The molecule has 1 aliphatic rings. The van der Waals surface area contributed by atoms with Crippen LogP contribution in [0.2, 0.25) is 0 Å². The van der Waals surface area contributed by atoms with Crippen molar-refractivity contribution in [2.75, 3.05) is 6.61 Å². The van der Waals surface area contributed by atoms with Crippen molar-refractivity contribution in [3.63, 3.8) is 0 Å². The second-order valence-electron chi connectivity index (χ2n) is 9.21. The van der Waals surface area contributed by atoms with Crippen LogP contribution in [0, 0.1) is 6.92 Å². The van der Waals surface area contributed by atoms with Gasteiger partial charge in [0.15, 0.2) is 11.3 Å². The Bertz CT molecular complexity index is 1330. The summed E-state index contributed by atoms with van der Waals surface area (Å²) >= 11 is 0. The van der Waals surface area contributed by atoms with Crippen LogP contribution in [0.25, 0.3) is 33.2 Å². The molecule has 1 fully saturated rings. The highest BCUT2D eigenvalue weighted by molar-refractivity contribution is 6.04. The van der Waals surface area contributed by atoms with E-state index < -0.39 is 0 Å². The molecule has 33 heavy (non-hydrogen) atoms. The number of unbranched alkanes of at least 4 members (excludes halogenated alkanes) is 5. The van der Waals surface area contributed by atoms with Crippen LogP contribution in [0.4, 0.5) is 0 Å². The van der Waals surface area contributed by atoms with E-state index >= 15 is 0 Å². The number of nitrogens with zero attached hydrogens (tertiary/aromatic N) is 5. The summed E-state index contributed by atoms with van der Waals surface area (Å²) in [4.78, 5) is 28.5. The largest absolute Gasteiger partial charge is 0.376 e. The Labute approximate surface area is 193 Å². The topological polar surface area (TPSA) is 74.8 Å². The van der Waals surface area contributed by atoms with Crippen molar-refractivity contribution in [3.8, 4) is 0 Å². The van der Waals surface area contributed by atoms with Crippen molar-refractivity contribution in [1.82, 2.24) is 24.1 Å². The number of benzene rings is 1. The van der Waals surface area contributed by atoms with Gasteiger partial charge in [-0.25, -0.2) is 15.0 Å². The first kappa shape index (κ1) is 22.0. The zero-order valence-electron chi connectivity index (χ0n) is 19.7. The zero-order chi connectivity index (χ0) is 22.8. The fraction of sp³-hybridized carbons (Fsp3) is 0.538. The number of aryl methyl sites for hydroxylation is 2. The minimum Gasteiger partial charge on any atom is -0.376 e. The molecule has 0 unspecified atom stereocenters. The van der Waals surface area contributed by atoms with Gasteiger partial charge in [-0.3, -0.25) is 9.36 Å². The lowest BCUT2D eigenvalue weighted by Crippen LogP contribution is -2.29. The first-order chi connectivity index (χ1) is 16.2. The highest BCUT2D eigenvalue weighted by atomic mass is 16.5. The second kappa shape index (κ2) is 9.59. The Morgan fingerprint density at radius 2 is 1.73 bits per heavy atom. The van der Waals surface area contributed by atoms with Crippen LogP contribution in [-0.2, 0) is 17.8 Å². The van der Waals surface area contributed by atoms with Gasteiger partial charge in [0, 0.05) is 13.2 Å². The molecule has 0 N–H and O–H groups in total. The Morgan fingerprint density at radius 1 is 0.970 bits per heavy atom. The van der Waals surface area contributed by atoms with E-state index in [2.05, 4.69) is 11.5 Å². The molecule has 174 valence electrons. The van der Waals surface area contributed by atoms with Gasteiger partial charge in [-0.15, -0.1) is 0 Å². The van der Waals surface area contributed by atoms with Gasteiger partial charge in [0.25, 0.3) is 5.56 Å². The van der Waals surface area contributed by atoms with Crippen molar-refractivity contribution in [3.05, 3.63) is 40.4 Å². The molecule has 1 atom stereocenters. The van der Waals surface area contributed by atoms with Crippen LogP contribution < -0.4 is 5.56 Å². The molecule has 0 saturated carbocycles. The van der Waals surface area contributed by atoms with E-state index in [0.29, 0.717) is 23.1 Å². The highest BCUT2D eigenvalue weighted by Crippen LogP contribution is 2.26. The van der Waals surface area contributed by atoms with Crippen molar-refractivity contribution in [2.24, 2.45) is 0 Å². The smallest absolute Gasteiger partial charge is 0.265 e. The fourth-order valence-electron chi connectivity index (χ4n) is 4.97. The Morgan fingerprint density at radius 3 is 2.48 bits per heavy atom. The molecule has 1 aliphatic heterocycles. The van der Waals surface area contributed by atoms with Crippen LogP contribution in [0.3, 0.4) is 0 Å². The molecule has 0 amide bonds. The average molecular weight is 448 g/mol. The molecule has 0 aliphatic carbocycles. The summed E-state index contributed by atoms with van der Waals surface area (Å²) in [6, 6.07) is 7.85. The zero-order valence-corrected chi connectivity index (χ0v) is 19.7. The molecule has 3 aromatic heterocycles. The van der Waals surface area contributed by atoms with E-state index in [4.69, 9.17) is 19.7 Å². The maximum atomic E-state index is 13.7. The lowest BCUT2D eigenvalue weighted by atomic mass is 10.1. The van der Waals surface area contributed by atoms with Gasteiger partial charge in [0.05, 0.1) is 23.7 Å². The summed E-state index contributed by atoms with van der Waals surface area (Å²) in [5.74, 6) is 0.722. The molecule has 0 radical (unpaired) electrons. The third-order valence-electron chi connectivity index (χ3n) is 6.79. The van der Waals surface area contributed by atoms with Crippen LogP contribution in [0.5, 0.6) is 0 Å². The summed E-state index contributed by atoms with van der Waals surface area (Å²) in [7, 11) is 0. The molecule has 4 aromatic rings. The van der Waals surface area contributed by atoms with Crippen molar-refractivity contribution in [1.29, 1.82) is 0 Å². The molecule has 5 rings (SSSR count). The average Bonchev–Trinajstić information content (AvgIpc) is 3.43. The van der Waals surface area contributed by atoms with Crippen LogP contribution >= 0.6 is 0 Å². The van der Waals surface area contributed by atoms with E-state index in [1.807, 2.05) is 31.2 Å². The predicted molar refractivity (Wildman–Crippen MR) is 132 cm³/mol. The van der Waals surface area contributed by atoms with Gasteiger partial charge < -0.3 is 9.30 Å². The van der Waals surface area contributed by atoms with Gasteiger partial charge in [-0.05, 0) is 38.3 Å². The Kier molecular flexibility index (Phi) is 6.40. The molecule has 7 nitrogen and oxygen atoms in total. The molecular formula is C26H33N5O2. The minimum absolute atomic E-state index is 0.0377. The number of aromatic nitrogens is 5. The van der Waals surface area contributed by atoms with Crippen molar-refractivity contribution < 1.29 is 4.74 Å². The molecule has 0 bridgehead atoms. The predicted octanol–water partition coefficient (Wildman–Crippen LogP) is 5.14. The van der Waals surface area contributed by atoms with Crippen molar-refractivity contribution >= 4 is 33.2 Å². The van der Waals surface area contributed by atoms with E-state index in [0.717, 1.165) is 61.3 Å². The number of para-hydroxylation sites is 2. The fourth-order valence-corrected chi connectivity index (χ4v) is 4.97. The van der Waals surface area contributed by atoms with E-state index in [1.165, 1.54) is 25.7 Å². The van der Waals surface area contributed by atoms with E-state index in [9.17, 15) is 4.79 Å². The van der Waals surface area contributed by atoms with Gasteiger partial charge in [-0.2, -0.15) is 0 Å². The SMILES string of the molecule is CCCCCCCCn1c2nc3ccccc3nc2c2c(=O)n(C[C@@H]3CCCO3)c(C)nc21. The van der Waals surface area contributed by atoms with E-state index in [1.54, 1.807) is 4.57 Å². The van der Waals surface area contributed by atoms with Crippen LogP contribution in [0.1, 0.15) is 64.1 Å². The van der Waals surface area contributed by atoms with Gasteiger partial charge in [0.2, 0.25) is 0 Å². The molecular weight excluding hydrogens is 414 g/mol. The van der Waals surface area contributed by atoms with Gasteiger partial charge in [-0.1, -0.05) is 51.2 Å². The lowest BCUT2D eigenvalue weighted by Gasteiger charge is -2.14. The molecule has 1 aromatic carbocycles. The minimum atomic E-state index is -0.0377. The number of ether oxygens (including phenoxy) is 1. The monoisotopic (exact) mass is 447 g/mol. The highest BCUT2D eigenvalue weighted by Gasteiger charge is 2.23. The summed E-state index contributed by atoms with van der Waals surface area (Å²) < 4.78 is 9.69. The Hall–Kier alpha value is -2.80. The maximum Gasteiger partial charge on any atom is 0.265 e. The van der Waals surface area contributed by atoms with Gasteiger partial charge in [0.1, 0.15) is 16.7 Å². The maximum absolute atomic E-state index is 13.7. The number of hydrogen-bond acceptors (Lipinski definition) is 5. The number of rotatable bonds is 9. The summed E-state index contributed by atoms with van der Waals surface area (Å²) in [6.45, 7) is 6.25. The first-order valence-corrected chi connectivity index (χ1v) is 12.4. The van der Waals surface area contributed by atoms with Crippen LogP contribution in [0.15, 0.2) is 29.1 Å². The Balaban J connectivity index is 1.61. The third kappa shape index (κ3) is 4.26. The van der Waals surface area contributed by atoms with Gasteiger partial charge >= 0.3 is 0 Å². The normalized spacial score (nSPS) is 16.5. The summed E-state index contributed by atoms with van der Waals surface area (Å²) in [6.07, 6.45) is 9.35. The quantitative estimate of drug-likeness (QED) is 0.332. The summed E-state index contributed by atoms with van der Waals surface area (Å²) in [5.41, 5.74) is 3.73. The van der Waals surface area contributed by atoms with Crippen LogP contribution in [-0.4, -0.2) is 36.8 Å². The number of fused-ring (bicyclic) bond motifs is 4. The molecule has 7 heteroatoms. The standard InChI is InChI=1S/C26H33N5O2/c1-3-4-5-6-7-10-15-30-24-22(23-25(30)29-21-14-9-8-13-20(21)28-23)26(32)31(18(2)27-24)17-19-12-11-16-33-19/h8-9,13-14,19H,3-7,10-12,15-17H2,1-2H3/t19-/m0/s1. The second-order valence-corrected chi connectivity index (χ2v) is 9.21. The number of hydrogen-bond donors (Lipinski definition) is 0. The molecule has 0 spiro atoms.